The van der Waals surface area contributed by atoms with Crippen LogP contribution in [-0.2, 0) is 7.05 Å². The van der Waals surface area contributed by atoms with Crippen molar-refractivity contribution in [1.29, 1.82) is 0 Å². The number of halogens is 1. The molecule has 4 rings (SSSR count). The number of fused-ring (bicyclic) bond motifs is 3. The van der Waals surface area contributed by atoms with E-state index < -0.39 is 0 Å². The van der Waals surface area contributed by atoms with Gasteiger partial charge >= 0.3 is 0 Å². The lowest BCUT2D eigenvalue weighted by Crippen LogP contribution is -2.00. The number of nitrogens with two attached hydrogens (primary N) is 1. The third-order valence-corrected chi connectivity index (χ3v) is 5.24. The number of nitrogens with zero attached hydrogens (tertiary/aromatic N) is 3. The van der Waals surface area contributed by atoms with Gasteiger partial charge in [0.1, 0.15) is 5.52 Å². The first-order valence-electron chi connectivity index (χ1n) is 8.27. The van der Waals surface area contributed by atoms with Gasteiger partial charge in [-0.15, -0.1) is 10.2 Å². The van der Waals surface area contributed by atoms with Crippen LogP contribution in [-0.4, -0.2) is 14.8 Å². The van der Waals surface area contributed by atoms with Crippen molar-refractivity contribution in [2.75, 3.05) is 5.73 Å². The second-order valence-electron chi connectivity index (χ2n) is 6.65. The van der Waals surface area contributed by atoms with E-state index in [1.807, 2.05) is 13.1 Å². The van der Waals surface area contributed by atoms with Gasteiger partial charge in [-0.2, -0.15) is 0 Å². The van der Waals surface area contributed by atoms with Crippen LogP contribution in [0.4, 0.5) is 5.82 Å². The molecule has 25 heavy (non-hydrogen) atoms. The molecule has 0 radical (unpaired) electrons. The van der Waals surface area contributed by atoms with Crippen molar-refractivity contribution in [2.45, 2.75) is 19.8 Å². The molecule has 0 fully saturated rings. The zero-order valence-electron chi connectivity index (χ0n) is 14.4. The molecule has 0 bridgehead atoms. The zero-order chi connectivity index (χ0) is 17.7. The summed E-state index contributed by atoms with van der Waals surface area (Å²) >= 11 is 3.54. The third-order valence-electron chi connectivity index (χ3n) is 4.75. The van der Waals surface area contributed by atoms with E-state index in [1.54, 1.807) is 0 Å². The summed E-state index contributed by atoms with van der Waals surface area (Å²) < 4.78 is 3.17. The van der Waals surface area contributed by atoms with Crippen LogP contribution in [0.3, 0.4) is 0 Å². The summed E-state index contributed by atoms with van der Waals surface area (Å²) in [6, 6.07) is 14.8. The summed E-state index contributed by atoms with van der Waals surface area (Å²) in [5.41, 5.74) is 12.5. The predicted octanol–water partition coefficient (Wildman–Crippen LogP) is 5.26. The zero-order valence-corrected chi connectivity index (χ0v) is 16.0. The standard InChI is InChI=1S/C20H19BrN4/c1-11(2)12-4-6-13(7-5-12)17-19-18(23-24-20(17)22)15-10-14(21)8-9-16(15)25(19)3/h4-11H,1-3H3,(H2,22,24). The van der Waals surface area contributed by atoms with Gasteiger partial charge in [0.2, 0.25) is 0 Å². The SMILES string of the molecule is CC(C)c1ccc(-c2c(N)nnc3c4cc(Br)ccc4n(C)c23)cc1. The van der Waals surface area contributed by atoms with E-state index >= 15 is 0 Å². The molecule has 0 atom stereocenters. The lowest BCUT2D eigenvalue weighted by molar-refractivity contribution is 0.867. The van der Waals surface area contributed by atoms with Crippen LogP contribution in [0, 0.1) is 0 Å². The number of aryl methyl sites for hydroxylation is 1. The van der Waals surface area contributed by atoms with Crippen molar-refractivity contribution in [1.82, 2.24) is 14.8 Å². The summed E-state index contributed by atoms with van der Waals surface area (Å²) in [6.07, 6.45) is 0. The highest BCUT2D eigenvalue weighted by atomic mass is 79.9. The van der Waals surface area contributed by atoms with Gasteiger partial charge in [-0.25, -0.2) is 0 Å². The van der Waals surface area contributed by atoms with Crippen molar-refractivity contribution in [3.05, 3.63) is 52.5 Å². The molecule has 0 spiro atoms. The van der Waals surface area contributed by atoms with Gasteiger partial charge in [0.15, 0.2) is 5.82 Å². The van der Waals surface area contributed by atoms with E-state index in [0.717, 1.165) is 37.5 Å². The first-order valence-corrected chi connectivity index (χ1v) is 9.07. The minimum absolute atomic E-state index is 0.453. The summed E-state index contributed by atoms with van der Waals surface area (Å²) in [4.78, 5) is 0. The molecule has 0 amide bonds. The van der Waals surface area contributed by atoms with Gasteiger partial charge in [-0.3, -0.25) is 0 Å². The van der Waals surface area contributed by atoms with Crippen molar-refractivity contribution >= 4 is 43.7 Å². The van der Waals surface area contributed by atoms with Crippen LogP contribution in [0.2, 0.25) is 0 Å². The molecule has 2 aromatic carbocycles. The Morgan fingerprint density at radius 2 is 1.76 bits per heavy atom. The Labute approximate surface area is 154 Å². The monoisotopic (exact) mass is 394 g/mol. The van der Waals surface area contributed by atoms with E-state index in [1.165, 1.54) is 5.56 Å². The molecule has 2 aromatic heterocycles. The summed E-state index contributed by atoms with van der Waals surface area (Å²) in [7, 11) is 2.05. The van der Waals surface area contributed by atoms with Gasteiger partial charge in [0, 0.05) is 16.9 Å². The van der Waals surface area contributed by atoms with Crippen LogP contribution >= 0.6 is 15.9 Å². The van der Waals surface area contributed by atoms with Gasteiger partial charge in [-0.05, 0) is 35.2 Å². The Hall–Kier alpha value is -2.40. The molecule has 0 aliphatic heterocycles. The van der Waals surface area contributed by atoms with Crippen LogP contribution in [0.15, 0.2) is 46.9 Å². The maximum atomic E-state index is 6.24. The molecule has 0 unspecified atom stereocenters. The fourth-order valence-corrected chi connectivity index (χ4v) is 3.74. The van der Waals surface area contributed by atoms with Crippen LogP contribution < -0.4 is 5.73 Å². The first kappa shape index (κ1) is 16.1. The molecule has 5 heteroatoms. The van der Waals surface area contributed by atoms with E-state index in [-0.39, 0.29) is 0 Å². The Kier molecular flexibility index (Phi) is 3.76. The van der Waals surface area contributed by atoms with E-state index in [9.17, 15) is 0 Å². The second kappa shape index (κ2) is 5.85. The van der Waals surface area contributed by atoms with Crippen molar-refractivity contribution in [3.63, 3.8) is 0 Å². The molecule has 2 N–H and O–H groups in total. The van der Waals surface area contributed by atoms with Gasteiger partial charge in [0.05, 0.1) is 16.6 Å². The number of benzene rings is 2. The fraction of sp³-hybridized carbons (Fsp3) is 0.200. The summed E-state index contributed by atoms with van der Waals surface area (Å²) in [5.74, 6) is 0.951. The summed E-state index contributed by atoms with van der Waals surface area (Å²) in [6.45, 7) is 4.38. The van der Waals surface area contributed by atoms with E-state index in [4.69, 9.17) is 5.73 Å². The fourth-order valence-electron chi connectivity index (χ4n) is 3.38. The molecular formula is C20H19BrN4. The van der Waals surface area contributed by atoms with Crippen molar-refractivity contribution in [2.24, 2.45) is 7.05 Å². The Balaban J connectivity index is 2.06. The smallest absolute Gasteiger partial charge is 0.156 e. The van der Waals surface area contributed by atoms with Crippen LogP contribution in [0.5, 0.6) is 0 Å². The van der Waals surface area contributed by atoms with Crippen LogP contribution in [0.25, 0.3) is 33.1 Å². The molecule has 0 saturated carbocycles. The predicted molar refractivity (Wildman–Crippen MR) is 108 cm³/mol. The van der Waals surface area contributed by atoms with E-state index in [0.29, 0.717) is 11.7 Å². The lowest BCUT2D eigenvalue weighted by atomic mass is 9.98. The van der Waals surface area contributed by atoms with Gasteiger partial charge in [0.25, 0.3) is 0 Å². The number of rotatable bonds is 2. The molecule has 126 valence electrons. The Bertz CT molecular complexity index is 1090. The number of hydrogen-bond donors (Lipinski definition) is 1. The minimum Gasteiger partial charge on any atom is -0.382 e. The first-order chi connectivity index (χ1) is 12.0. The molecule has 4 nitrogen and oxygen atoms in total. The Morgan fingerprint density at radius 1 is 1.04 bits per heavy atom. The Morgan fingerprint density at radius 3 is 2.44 bits per heavy atom. The molecule has 0 aliphatic rings. The number of hydrogen-bond acceptors (Lipinski definition) is 3. The number of nitrogen functional groups attached to an aromatic ring is 1. The molecule has 0 saturated heterocycles. The lowest BCUT2D eigenvalue weighted by Gasteiger charge is -2.10. The normalized spacial score (nSPS) is 11.7. The third kappa shape index (κ3) is 2.50. The second-order valence-corrected chi connectivity index (χ2v) is 7.57. The van der Waals surface area contributed by atoms with E-state index in [2.05, 4.69) is 80.9 Å². The van der Waals surface area contributed by atoms with Crippen LogP contribution in [0.1, 0.15) is 25.3 Å². The molecule has 4 aromatic rings. The van der Waals surface area contributed by atoms with Crippen molar-refractivity contribution in [3.8, 4) is 11.1 Å². The average Bonchev–Trinajstić information content (AvgIpc) is 2.87. The maximum absolute atomic E-state index is 6.24. The number of aromatic nitrogens is 3. The molecule has 2 heterocycles. The highest BCUT2D eigenvalue weighted by Crippen LogP contribution is 2.37. The highest BCUT2D eigenvalue weighted by Gasteiger charge is 2.18. The molecular weight excluding hydrogens is 376 g/mol. The van der Waals surface area contributed by atoms with Gasteiger partial charge in [-0.1, -0.05) is 54.0 Å². The van der Waals surface area contributed by atoms with Gasteiger partial charge < -0.3 is 10.3 Å². The highest BCUT2D eigenvalue weighted by molar-refractivity contribution is 9.10. The maximum Gasteiger partial charge on any atom is 0.156 e. The topological polar surface area (TPSA) is 56.7 Å². The minimum atomic E-state index is 0.453. The number of anilines is 1. The molecule has 0 aliphatic carbocycles. The quantitative estimate of drug-likeness (QED) is 0.504. The average molecular weight is 395 g/mol. The largest absolute Gasteiger partial charge is 0.382 e. The van der Waals surface area contributed by atoms with Crippen molar-refractivity contribution < 1.29 is 0 Å². The summed E-state index contributed by atoms with van der Waals surface area (Å²) in [5, 5.41) is 9.69.